The van der Waals surface area contributed by atoms with Crippen LogP contribution in [-0.2, 0) is 22.4 Å². The van der Waals surface area contributed by atoms with Gasteiger partial charge in [0.25, 0.3) is 11.1 Å². The van der Waals surface area contributed by atoms with E-state index in [9.17, 15) is 32.3 Å². The summed E-state index contributed by atoms with van der Waals surface area (Å²) in [6, 6.07) is 13.5. The molecule has 1 aliphatic rings. The van der Waals surface area contributed by atoms with Gasteiger partial charge in [0.05, 0.1) is 26.7 Å². The van der Waals surface area contributed by atoms with Gasteiger partial charge in [-0.25, -0.2) is 4.79 Å². The number of amides is 3. The van der Waals surface area contributed by atoms with Gasteiger partial charge in [0, 0.05) is 5.69 Å². The highest BCUT2D eigenvalue weighted by Gasteiger charge is 2.36. The number of anilines is 1. The molecule has 0 bridgehead atoms. The number of carboxylic acids is 1. The van der Waals surface area contributed by atoms with E-state index in [1.807, 2.05) is 22.6 Å². The van der Waals surface area contributed by atoms with E-state index in [0.29, 0.717) is 37.3 Å². The summed E-state index contributed by atoms with van der Waals surface area (Å²) < 4.78 is 50.8. The van der Waals surface area contributed by atoms with Crippen molar-refractivity contribution in [2.75, 3.05) is 19.0 Å². The van der Waals surface area contributed by atoms with Gasteiger partial charge in [0.15, 0.2) is 11.5 Å². The summed E-state index contributed by atoms with van der Waals surface area (Å²) in [6.45, 7) is -0.549. The van der Waals surface area contributed by atoms with Crippen molar-refractivity contribution in [2.45, 2.75) is 12.8 Å². The first-order valence-electron chi connectivity index (χ1n) is 11.9. The van der Waals surface area contributed by atoms with Crippen molar-refractivity contribution < 1.29 is 46.9 Å². The number of nitrogens with zero attached hydrogens (tertiary/aromatic N) is 1. The van der Waals surface area contributed by atoms with E-state index in [4.69, 9.17) is 14.6 Å². The van der Waals surface area contributed by atoms with Gasteiger partial charge in [-0.1, -0.05) is 18.2 Å². The number of carbonyl (C=O) groups excluding carboxylic acids is 3. The summed E-state index contributed by atoms with van der Waals surface area (Å²) in [6.07, 6.45) is -3.15. The smallest absolute Gasteiger partial charge is 0.416 e. The number of carbonyl (C=O) groups is 4. The molecule has 3 aromatic carbocycles. The number of thioether (sulfide) groups is 1. The van der Waals surface area contributed by atoms with Crippen LogP contribution in [0.4, 0.5) is 23.7 Å². The normalized spacial score (nSPS) is 14.3. The fourth-order valence-corrected chi connectivity index (χ4v) is 5.39. The number of imide groups is 1. The molecule has 0 unspecified atom stereocenters. The molecule has 9 nitrogen and oxygen atoms in total. The Morgan fingerprint density at radius 3 is 2.45 bits per heavy atom. The van der Waals surface area contributed by atoms with Gasteiger partial charge in [-0.15, -0.1) is 0 Å². The molecule has 14 heteroatoms. The second kappa shape index (κ2) is 12.9. The van der Waals surface area contributed by atoms with E-state index < -0.39 is 41.3 Å². The molecule has 0 aliphatic carbocycles. The van der Waals surface area contributed by atoms with E-state index >= 15 is 0 Å². The topological polar surface area (TPSA) is 122 Å². The second-order valence-corrected chi connectivity index (χ2v) is 10.9. The first-order chi connectivity index (χ1) is 19.8. The SMILES string of the molecule is COc1cc(/C=C2\SC(=O)N(CC(=O)Nc3cccc(C(F)(F)F)c3)C2=O)cc(I)c1OCc1ccc(C(=O)O)cc1. The molecule has 218 valence electrons. The van der Waals surface area contributed by atoms with Crippen LogP contribution >= 0.6 is 34.4 Å². The van der Waals surface area contributed by atoms with E-state index in [-0.39, 0.29) is 22.8 Å². The third-order valence-electron chi connectivity index (χ3n) is 5.78. The number of hydrogen-bond donors (Lipinski definition) is 2. The van der Waals surface area contributed by atoms with Crippen LogP contribution in [0.15, 0.2) is 65.6 Å². The molecule has 1 heterocycles. The minimum Gasteiger partial charge on any atom is -0.493 e. The predicted octanol–water partition coefficient (Wildman–Crippen LogP) is 6.27. The van der Waals surface area contributed by atoms with Crippen LogP contribution in [0.1, 0.15) is 27.0 Å². The molecule has 0 atom stereocenters. The maximum Gasteiger partial charge on any atom is 0.416 e. The average molecular weight is 712 g/mol. The van der Waals surface area contributed by atoms with Crippen LogP contribution < -0.4 is 14.8 Å². The monoisotopic (exact) mass is 712 g/mol. The lowest BCUT2D eigenvalue weighted by Crippen LogP contribution is -2.36. The number of aromatic carboxylic acids is 1. The van der Waals surface area contributed by atoms with Crippen molar-refractivity contribution in [2.24, 2.45) is 0 Å². The van der Waals surface area contributed by atoms with Gasteiger partial charge in [0.1, 0.15) is 13.2 Å². The van der Waals surface area contributed by atoms with Crippen LogP contribution in [0.2, 0.25) is 0 Å². The van der Waals surface area contributed by atoms with Gasteiger partial charge in [-0.05, 0) is 94.0 Å². The molecule has 0 spiro atoms. The van der Waals surface area contributed by atoms with Crippen molar-refractivity contribution in [1.82, 2.24) is 4.90 Å². The highest BCUT2D eigenvalue weighted by molar-refractivity contribution is 14.1. The van der Waals surface area contributed by atoms with E-state index in [2.05, 4.69) is 5.32 Å². The van der Waals surface area contributed by atoms with Crippen LogP contribution in [-0.4, -0.2) is 46.7 Å². The van der Waals surface area contributed by atoms with Gasteiger partial charge in [-0.3, -0.25) is 19.3 Å². The van der Waals surface area contributed by atoms with Crippen molar-refractivity contribution in [3.05, 3.63) is 91.4 Å². The lowest BCUT2D eigenvalue weighted by Gasteiger charge is -2.14. The number of carboxylic acid groups (broad SMARTS) is 1. The van der Waals surface area contributed by atoms with Gasteiger partial charge >= 0.3 is 12.1 Å². The highest BCUT2D eigenvalue weighted by atomic mass is 127. The molecule has 3 amide bonds. The Labute approximate surface area is 254 Å². The van der Waals surface area contributed by atoms with Crippen molar-refractivity contribution in [3.63, 3.8) is 0 Å². The number of alkyl halides is 3. The number of halogens is 4. The molecular formula is C28H20F3IN2O7S. The quantitative estimate of drug-likeness (QED) is 0.197. The molecule has 1 fully saturated rings. The Balaban J connectivity index is 1.44. The maximum absolute atomic E-state index is 12.9. The minimum absolute atomic E-state index is 0.0388. The molecule has 1 saturated heterocycles. The third-order valence-corrected chi connectivity index (χ3v) is 7.49. The first kappa shape index (κ1) is 30.9. The Bertz CT molecular complexity index is 1590. The van der Waals surface area contributed by atoms with Crippen LogP contribution in [0.3, 0.4) is 0 Å². The van der Waals surface area contributed by atoms with Crippen molar-refractivity contribution in [3.8, 4) is 11.5 Å². The van der Waals surface area contributed by atoms with E-state index in [0.717, 1.165) is 23.8 Å². The molecule has 42 heavy (non-hydrogen) atoms. The van der Waals surface area contributed by atoms with Gasteiger partial charge in [-0.2, -0.15) is 13.2 Å². The minimum atomic E-state index is -4.60. The largest absolute Gasteiger partial charge is 0.493 e. The molecule has 0 aromatic heterocycles. The average Bonchev–Trinajstić information content (AvgIpc) is 3.19. The number of nitrogens with one attached hydrogen (secondary N) is 1. The zero-order valence-corrected chi connectivity index (χ0v) is 24.5. The summed E-state index contributed by atoms with van der Waals surface area (Å²) in [5.41, 5.74) is 0.306. The van der Waals surface area contributed by atoms with Gasteiger partial charge in [0.2, 0.25) is 5.91 Å². The zero-order valence-electron chi connectivity index (χ0n) is 21.5. The summed E-state index contributed by atoms with van der Waals surface area (Å²) in [4.78, 5) is 49.6. The van der Waals surface area contributed by atoms with Crippen LogP contribution in [0.5, 0.6) is 11.5 Å². The van der Waals surface area contributed by atoms with Gasteiger partial charge < -0.3 is 19.9 Å². The fraction of sp³-hybridized carbons (Fsp3) is 0.143. The molecule has 2 N–H and O–H groups in total. The van der Waals surface area contributed by atoms with Crippen LogP contribution in [0, 0.1) is 3.57 Å². The molecule has 4 rings (SSSR count). The second-order valence-electron chi connectivity index (χ2n) is 8.72. The fourth-order valence-electron chi connectivity index (χ4n) is 3.77. The Morgan fingerprint density at radius 1 is 1.10 bits per heavy atom. The van der Waals surface area contributed by atoms with Crippen molar-refractivity contribution in [1.29, 1.82) is 0 Å². The number of methoxy groups -OCH3 is 1. The summed E-state index contributed by atoms with van der Waals surface area (Å²) in [5, 5.41) is 10.6. The lowest BCUT2D eigenvalue weighted by molar-refractivity contribution is -0.137. The lowest BCUT2D eigenvalue weighted by atomic mass is 10.1. The Morgan fingerprint density at radius 2 is 1.81 bits per heavy atom. The maximum atomic E-state index is 12.9. The molecular weight excluding hydrogens is 692 g/mol. The number of rotatable bonds is 9. The van der Waals surface area contributed by atoms with E-state index in [1.54, 1.807) is 24.3 Å². The summed E-state index contributed by atoms with van der Waals surface area (Å²) >= 11 is 2.64. The van der Waals surface area contributed by atoms with E-state index in [1.165, 1.54) is 31.4 Å². The number of benzene rings is 3. The number of hydrogen-bond acceptors (Lipinski definition) is 7. The first-order valence-corrected chi connectivity index (χ1v) is 13.8. The van der Waals surface area contributed by atoms with Crippen LogP contribution in [0.25, 0.3) is 6.08 Å². The summed E-state index contributed by atoms with van der Waals surface area (Å²) in [7, 11) is 1.43. The summed E-state index contributed by atoms with van der Waals surface area (Å²) in [5.74, 6) is -1.85. The standard InChI is InChI=1S/C28H20F3IN2O7S/c1-40-21-10-16(9-20(32)24(21)41-14-15-5-7-17(8-6-15)26(37)38)11-22-25(36)34(27(39)42-22)13-23(35)33-19-4-2-3-18(12-19)28(29,30)31/h2-12H,13-14H2,1H3,(H,33,35)(H,37,38)/b22-11-. The third kappa shape index (κ3) is 7.42. The van der Waals surface area contributed by atoms with Crippen molar-refractivity contribution >= 4 is 69.1 Å². The Kier molecular flexibility index (Phi) is 9.46. The zero-order chi connectivity index (χ0) is 30.6. The molecule has 3 aromatic rings. The molecule has 0 saturated carbocycles. The molecule has 0 radical (unpaired) electrons. The molecule has 1 aliphatic heterocycles. The highest BCUT2D eigenvalue weighted by Crippen LogP contribution is 2.38. The predicted molar refractivity (Wildman–Crippen MR) is 156 cm³/mol. The number of ether oxygens (including phenoxy) is 2. The Hall–Kier alpha value is -4.05.